The normalized spacial score (nSPS) is 16.3. The van der Waals surface area contributed by atoms with Crippen molar-refractivity contribution in [2.45, 2.75) is 38.0 Å². The van der Waals surface area contributed by atoms with Crippen molar-refractivity contribution >= 4 is 17.4 Å². The van der Waals surface area contributed by atoms with Gasteiger partial charge in [-0.2, -0.15) is 0 Å². The van der Waals surface area contributed by atoms with Crippen molar-refractivity contribution in [1.29, 1.82) is 0 Å². The molecule has 0 atom stereocenters. The molecule has 1 aliphatic carbocycles. The molecule has 2 aromatic rings. The fraction of sp³-hybridized carbons (Fsp3) is 0.471. The summed E-state index contributed by atoms with van der Waals surface area (Å²) in [7, 11) is 1.67. The third-order valence-corrected chi connectivity index (χ3v) is 5.53. The van der Waals surface area contributed by atoms with Crippen molar-refractivity contribution in [1.82, 2.24) is 14.9 Å². The number of carbonyl (C=O) groups excluding carboxylic acids is 1. The molecule has 0 spiro atoms. The molecule has 1 aliphatic rings. The van der Waals surface area contributed by atoms with E-state index in [1.165, 1.54) is 18.4 Å². The number of aryl methyl sites for hydroxylation is 1. The predicted molar refractivity (Wildman–Crippen MR) is 90.1 cm³/mol. The summed E-state index contributed by atoms with van der Waals surface area (Å²) in [4.78, 5) is 13.0. The maximum absolute atomic E-state index is 12.4. The molecule has 3 rings (SSSR count). The lowest BCUT2D eigenvalue weighted by molar-refractivity contribution is 0.0946. The molecule has 1 amide bonds. The van der Waals surface area contributed by atoms with E-state index >= 15 is 0 Å². The first-order valence-corrected chi connectivity index (χ1v) is 8.64. The first kappa shape index (κ1) is 15.9. The highest BCUT2D eigenvalue weighted by Crippen LogP contribution is 2.41. The van der Waals surface area contributed by atoms with Crippen molar-refractivity contribution < 1.29 is 9.53 Å². The molecule has 1 heterocycles. The highest BCUT2D eigenvalue weighted by atomic mass is 32.1. The minimum Gasteiger partial charge on any atom is -0.497 e. The van der Waals surface area contributed by atoms with Crippen LogP contribution in [-0.4, -0.2) is 29.1 Å². The Morgan fingerprint density at radius 1 is 1.30 bits per heavy atom. The van der Waals surface area contributed by atoms with E-state index in [9.17, 15) is 4.79 Å². The standard InChI is InChI=1S/C17H21N3O2S/c1-12-15(23-20-19-12)16(21)18-11-17(9-3-4-10-17)13-5-7-14(22-2)8-6-13/h5-8H,3-4,9-11H2,1-2H3,(H,18,21). The van der Waals surface area contributed by atoms with Gasteiger partial charge in [0.25, 0.3) is 5.91 Å². The zero-order chi connectivity index (χ0) is 16.3. The van der Waals surface area contributed by atoms with Crippen LogP contribution in [-0.2, 0) is 5.41 Å². The molecular formula is C17H21N3O2S. The van der Waals surface area contributed by atoms with E-state index in [0.717, 1.165) is 30.1 Å². The number of methoxy groups -OCH3 is 1. The van der Waals surface area contributed by atoms with Crippen molar-refractivity contribution in [2.75, 3.05) is 13.7 Å². The largest absolute Gasteiger partial charge is 0.497 e. The van der Waals surface area contributed by atoms with Gasteiger partial charge in [0, 0.05) is 12.0 Å². The van der Waals surface area contributed by atoms with Gasteiger partial charge in [-0.1, -0.05) is 29.5 Å². The average molecular weight is 331 g/mol. The number of hydrogen-bond acceptors (Lipinski definition) is 5. The van der Waals surface area contributed by atoms with Crippen LogP contribution in [0.4, 0.5) is 0 Å². The van der Waals surface area contributed by atoms with Gasteiger partial charge in [-0.25, -0.2) is 0 Å². The minimum absolute atomic E-state index is 0.0218. The predicted octanol–water partition coefficient (Wildman–Crippen LogP) is 3.10. The summed E-state index contributed by atoms with van der Waals surface area (Å²) in [5.41, 5.74) is 1.99. The number of ether oxygens (including phenoxy) is 1. The second-order valence-electron chi connectivity index (χ2n) is 6.09. The highest BCUT2D eigenvalue weighted by molar-refractivity contribution is 7.07. The number of aromatic nitrogens is 2. The van der Waals surface area contributed by atoms with Gasteiger partial charge < -0.3 is 10.1 Å². The van der Waals surface area contributed by atoms with Crippen molar-refractivity contribution in [3.05, 3.63) is 40.4 Å². The lowest BCUT2D eigenvalue weighted by atomic mass is 9.78. The average Bonchev–Trinajstić information content (AvgIpc) is 3.22. The number of amides is 1. The smallest absolute Gasteiger partial charge is 0.264 e. The van der Waals surface area contributed by atoms with Crippen LogP contribution in [0.25, 0.3) is 0 Å². The Balaban J connectivity index is 1.76. The van der Waals surface area contributed by atoms with Crippen molar-refractivity contribution in [3.8, 4) is 5.75 Å². The van der Waals surface area contributed by atoms with Gasteiger partial charge in [0.15, 0.2) is 0 Å². The van der Waals surface area contributed by atoms with Crippen molar-refractivity contribution in [3.63, 3.8) is 0 Å². The lowest BCUT2D eigenvalue weighted by Gasteiger charge is -2.30. The van der Waals surface area contributed by atoms with Gasteiger partial charge in [0.05, 0.1) is 12.8 Å². The first-order valence-electron chi connectivity index (χ1n) is 7.86. The van der Waals surface area contributed by atoms with Crippen LogP contribution >= 0.6 is 11.5 Å². The van der Waals surface area contributed by atoms with Crippen LogP contribution in [0.15, 0.2) is 24.3 Å². The molecule has 1 saturated carbocycles. The molecule has 0 radical (unpaired) electrons. The van der Waals surface area contributed by atoms with Gasteiger partial charge in [0.2, 0.25) is 0 Å². The Bertz CT molecular complexity index is 675. The molecule has 0 aliphatic heterocycles. The summed E-state index contributed by atoms with van der Waals surface area (Å²) < 4.78 is 9.08. The lowest BCUT2D eigenvalue weighted by Crippen LogP contribution is -2.39. The summed E-state index contributed by atoms with van der Waals surface area (Å²) in [6.07, 6.45) is 4.59. The Labute approximate surface area is 140 Å². The zero-order valence-electron chi connectivity index (χ0n) is 13.5. The number of rotatable bonds is 5. The van der Waals surface area contributed by atoms with E-state index in [1.807, 2.05) is 19.1 Å². The van der Waals surface area contributed by atoms with Gasteiger partial charge in [0.1, 0.15) is 10.6 Å². The fourth-order valence-corrected chi connectivity index (χ4v) is 3.91. The maximum Gasteiger partial charge on any atom is 0.264 e. The van der Waals surface area contributed by atoms with Gasteiger partial charge in [-0.05, 0) is 49.0 Å². The molecular weight excluding hydrogens is 310 g/mol. The van der Waals surface area contributed by atoms with E-state index in [2.05, 4.69) is 27.0 Å². The van der Waals surface area contributed by atoms with E-state index in [4.69, 9.17) is 4.74 Å². The fourth-order valence-electron chi connectivity index (χ4n) is 3.33. The quantitative estimate of drug-likeness (QED) is 0.914. The van der Waals surface area contributed by atoms with E-state index in [0.29, 0.717) is 17.1 Å². The molecule has 1 N–H and O–H groups in total. The molecule has 1 aromatic carbocycles. The summed E-state index contributed by atoms with van der Waals surface area (Å²) in [5, 5.41) is 7.00. The summed E-state index contributed by atoms with van der Waals surface area (Å²) >= 11 is 1.15. The molecule has 122 valence electrons. The minimum atomic E-state index is -0.0720. The molecule has 6 heteroatoms. The van der Waals surface area contributed by atoms with Gasteiger partial charge >= 0.3 is 0 Å². The molecule has 1 aromatic heterocycles. The zero-order valence-corrected chi connectivity index (χ0v) is 14.3. The molecule has 0 saturated heterocycles. The number of benzene rings is 1. The van der Waals surface area contributed by atoms with Crippen LogP contribution in [0.2, 0.25) is 0 Å². The van der Waals surface area contributed by atoms with Crippen LogP contribution in [0.5, 0.6) is 5.75 Å². The van der Waals surface area contributed by atoms with Gasteiger partial charge in [-0.15, -0.1) is 5.10 Å². The van der Waals surface area contributed by atoms with Gasteiger partial charge in [-0.3, -0.25) is 4.79 Å². The summed E-state index contributed by atoms with van der Waals surface area (Å²) in [6, 6.07) is 8.23. The Kier molecular flexibility index (Phi) is 4.61. The SMILES string of the molecule is COc1ccc(C2(CNC(=O)c3snnc3C)CCCC2)cc1. The number of nitrogens with one attached hydrogen (secondary N) is 1. The third kappa shape index (κ3) is 3.22. The Morgan fingerprint density at radius 3 is 2.57 bits per heavy atom. The number of hydrogen-bond donors (Lipinski definition) is 1. The van der Waals surface area contributed by atoms with E-state index in [1.54, 1.807) is 7.11 Å². The maximum atomic E-state index is 12.4. The molecule has 0 bridgehead atoms. The summed E-state index contributed by atoms with van der Waals surface area (Å²) in [6.45, 7) is 2.46. The van der Waals surface area contributed by atoms with Crippen LogP contribution in [0, 0.1) is 6.92 Å². The van der Waals surface area contributed by atoms with Crippen LogP contribution in [0.1, 0.15) is 46.6 Å². The van der Waals surface area contributed by atoms with Crippen molar-refractivity contribution in [2.24, 2.45) is 0 Å². The highest BCUT2D eigenvalue weighted by Gasteiger charge is 2.36. The topological polar surface area (TPSA) is 64.1 Å². The number of nitrogens with zero attached hydrogens (tertiary/aromatic N) is 2. The number of carbonyl (C=O) groups is 1. The summed E-state index contributed by atoms with van der Waals surface area (Å²) in [5.74, 6) is 0.787. The molecule has 5 nitrogen and oxygen atoms in total. The van der Waals surface area contributed by atoms with E-state index < -0.39 is 0 Å². The third-order valence-electron chi connectivity index (χ3n) is 4.71. The first-order chi connectivity index (χ1) is 11.1. The van der Waals surface area contributed by atoms with Crippen LogP contribution in [0.3, 0.4) is 0 Å². The van der Waals surface area contributed by atoms with E-state index in [-0.39, 0.29) is 11.3 Å². The monoisotopic (exact) mass is 331 g/mol. The van der Waals surface area contributed by atoms with Crippen LogP contribution < -0.4 is 10.1 Å². The second kappa shape index (κ2) is 6.66. The Hall–Kier alpha value is -1.95. The second-order valence-corrected chi connectivity index (χ2v) is 6.84. The molecule has 0 unspecified atom stereocenters. The molecule has 1 fully saturated rings. The Morgan fingerprint density at radius 2 is 2.00 bits per heavy atom. The molecule has 23 heavy (non-hydrogen) atoms.